The Balaban J connectivity index is 2.33. The molecule has 2 aromatic rings. The second-order valence-corrected chi connectivity index (χ2v) is 4.66. The molecule has 0 fully saturated rings. The van der Waals surface area contributed by atoms with E-state index in [0.717, 1.165) is 24.9 Å². The maximum atomic E-state index is 12.7. The average molecular weight is 272 g/mol. The van der Waals surface area contributed by atoms with Gasteiger partial charge in [-0.25, -0.2) is 0 Å². The van der Waals surface area contributed by atoms with E-state index in [9.17, 15) is 4.79 Å². The van der Waals surface area contributed by atoms with Crippen molar-refractivity contribution < 1.29 is 4.79 Å². The lowest BCUT2D eigenvalue weighted by Crippen LogP contribution is -2.36. The molecule has 1 heterocycles. The van der Waals surface area contributed by atoms with Crippen LogP contribution in [0.1, 0.15) is 30.1 Å². The number of rotatable bonds is 6. The molecule has 0 atom stereocenters. The van der Waals surface area contributed by atoms with Crippen LogP contribution in [0.15, 0.2) is 30.6 Å². The van der Waals surface area contributed by atoms with Crippen LogP contribution in [-0.4, -0.2) is 40.4 Å². The first-order valence-electron chi connectivity index (χ1n) is 6.97. The molecule has 0 saturated carbocycles. The van der Waals surface area contributed by atoms with Gasteiger partial charge in [-0.3, -0.25) is 14.8 Å². The monoisotopic (exact) mass is 272 g/mol. The van der Waals surface area contributed by atoms with Gasteiger partial charge in [-0.05, 0) is 18.6 Å². The van der Waals surface area contributed by atoms with Crippen LogP contribution in [0.5, 0.6) is 0 Å². The topological polar surface area (TPSA) is 72.1 Å². The molecule has 5 nitrogen and oxygen atoms in total. The molecule has 1 aromatic heterocycles. The largest absolute Gasteiger partial charge is 0.337 e. The molecule has 1 amide bonds. The normalized spacial score (nSPS) is 10.7. The fourth-order valence-electron chi connectivity index (χ4n) is 2.16. The Morgan fingerprint density at radius 3 is 2.80 bits per heavy atom. The minimum absolute atomic E-state index is 0.0185. The number of nitrogens with two attached hydrogens (primary N) is 1. The predicted octanol–water partition coefficient (Wildman–Crippen LogP) is 1.83. The summed E-state index contributed by atoms with van der Waals surface area (Å²) in [4.78, 5) is 23.0. The Labute approximate surface area is 118 Å². The Hall–Kier alpha value is -2.01. The fraction of sp³-hybridized carbons (Fsp3) is 0.400. The summed E-state index contributed by atoms with van der Waals surface area (Å²) < 4.78 is 0. The predicted molar refractivity (Wildman–Crippen MR) is 79.4 cm³/mol. The van der Waals surface area contributed by atoms with Gasteiger partial charge in [0.25, 0.3) is 5.91 Å². The minimum Gasteiger partial charge on any atom is -0.337 e. The van der Waals surface area contributed by atoms with Gasteiger partial charge in [0.2, 0.25) is 0 Å². The van der Waals surface area contributed by atoms with E-state index in [-0.39, 0.29) is 5.91 Å². The molecular weight excluding hydrogens is 252 g/mol. The van der Waals surface area contributed by atoms with E-state index in [1.807, 2.05) is 12.1 Å². The second kappa shape index (κ2) is 6.96. The van der Waals surface area contributed by atoms with Crippen molar-refractivity contribution in [3.05, 3.63) is 36.2 Å². The molecule has 5 heteroatoms. The number of para-hydroxylation sites is 1. The molecule has 0 unspecified atom stereocenters. The van der Waals surface area contributed by atoms with E-state index in [0.29, 0.717) is 24.2 Å². The highest BCUT2D eigenvalue weighted by Crippen LogP contribution is 2.16. The van der Waals surface area contributed by atoms with Crippen LogP contribution < -0.4 is 5.73 Å². The zero-order chi connectivity index (χ0) is 14.4. The van der Waals surface area contributed by atoms with Gasteiger partial charge in [0.05, 0.1) is 11.1 Å². The van der Waals surface area contributed by atoms with Crippen LogP contribution in [0.25, 0.3) is 11.0 Å². The van der Waals surface area contributed by atoms with Gasteiger partial charge < -0.3 is 10.6 Å². The number of unbranched alkanes of at least 4 members (excludes halogenated alkanes) is 1. The highest BCUT2D eigenvalue weighted by Gasteiger charge is 2.17. The number of amides is 1. The summed E-state index contributed by atoms with van der Waals surface area (Å²) in [7, 11) is 0. The first kappa shape index (κ1) is 14.4. The van der Waals surface area contributed by atoms with E-state index < -0.39 is 0 Å². The summed E-state index contributed by atoms with van der Waals surface area (Å²) in [5, 5.41) is 0. The van der Waals surface area contributed by atoms with Crippen LogP contribution in [0.4, 0.5) is 0 Å². The lowest BCUT2D eigenvalue weighted by Gasteiger charge is -2.22. The third-order valence-electron chi connectivity index (χ3n) is 3.20. The summed E-state index contributed by atoms with van der Waals surface area (Å²) in [5.41, 5.74) is 7.59. The van der Waals surface area contributed by atoms with Crippen molar-refractivity contribution in [1.29, 1.82) is 0 Å². The first-order chi connectivity index (χ1) is 9.77. The van der Waals surface area contributed by atoms with Crippen molar-refractivity contribution >= 4 is 16.9 Å². The molecule has 2 rings (SSSR count). The lowest BCUT2D eigenvalue weighted by atomic mass is 10.1. The van der Waals surface area contributed by atoms with Gasteiger partial charge in [-0.15, -0.1) is 0 Å². The van der Waals surface area contributed by atoms with Gasteiger partial charge in [-0.1, -0.05) is 19.4 Å². The fourth-order valence-corrected chi connectivity index (χ4v) is 2.16. The van der Waals surface area contributed by atoms with Gasteiger partial charge >= 0.3 is 0 Å². The summed E-state index contributed by atoms with van der Waals surface area (Å²) in [6.07, 6.45) is 5.26. The first-order valence-corrected chi connectivity index (χ1v) is 6.97. The van der Waals surface area contributed by atoms with E-state index in [4.69, 9.17) is 5.73 Å². The molecule has 0 bridgehead atoms. The lowest BCUT2D eigenvalue weighted by molar-refractivity contribution is 0.0760. The highest BCUT2D eigenvalue weighted by atomic mass is 16.2. The number of fused-ring (bicyclic) bond motifs is 1. The van der Waals surface area contributed by atoms with Crippen LogP contribution in [0.2, 0.25) is 0 Å². The van der Waals surface area contributed by atoms with Crippen molar-refractivity contribution in [3.8, 4) is 0 Å². The van der Waals surface area contributed by atoms with Crippen LogP contribution >= 0.6 is 0 Å². The SMILES string of the molecule is CCCCN(CCN)C(=O)c1cccc2nccnc12. The van der Waals surface area contributed by atoms with Gasteiger partial charge in [-0.2, -0.15) is 0 Å². The summed E-state index contributed by atoms with van der Waals surface area (Å²) in [5.74, 6) is -0.0185. The van der Waals surface area contributed by atoms with Gasteiger partial charge in [0, 0.05) is 32.0 Å². The maximum Gasteiger partial charge on any atom is 0.256 e. The summed E-state index contributed by atoms with van der Waals surface area (Å²) in [6.45, 7) is 3.86. The zero-order valence-electron chi connectivity index (χ0n) is 11.7. The smallest absolute Gasteiger partial charge is 0.256 e. The molecule has 20 heavy (non-hydrogen) atoms. The third kappa shape index (κ3) is 3.11. The summed E-state index contributed by atoms with van der Waals surface area (Å²) in [6, 6.07) is 5.50. The van der Waals surface area contributed by atoms with Crippen molar-refractivity contribution in [2.24, 2.45) is 5.73 Å². The number of carbonyl (C=O) groups excluding carboxylic acids is 1. The molecular formula is C15H20N4O. The molecule has 0 aliphatic carbocycles. The van der Waals surface area contributed by atoms with E-state index in [1.165, 1.54) is 0 Å². The number of benzene rings is 1. The van der Waals surface area contributed by atoms with E-state index >= 15 is 0 Å². The Morgan fingerprint density at radius 1 is 1.25 bits per heavy atom. The molecule has 0 aliphatic heterocycles. The maximum absolute atomic E-state index is 12.7. The Bertz CT molecular complexity index is 580. The second-order valence-electron chi connectivity index (χ2n) is 4.66. The van der Waals surface area contributed by atoms with Crippen molar-refractivity contribution in [1.82, 2.24) is 14.9 Å². The van der Waals surface area contributed by atoms with E-state index in [2.05, 4.69) is 16.9 Å². The minimum atomic E-state index is -0.0185. The van der Waals surface area contributed by atoms with Crippen molar-refractivity contribution in [2.45, 2.75) is 19.8 Å². The zero-order valence-corrected chi connectivity index (χ0v) is 11.7. The van der Waals surface area contributed by atoms with E-state index in [1.54, 1.807) is 23.4 Å². The standard InChI is InChI=1S/C15H20N4O/c1-2-3-10-19(11-7-16)15(20)12-5-4-6-13-14(12)18-9-8-17-13/h4-6,8-9H,2-3,7,10-11,16H2,1H3. The molecule has 0 aliphatic rings. The third-order valence-corrected chi connectivity index (χ3v) is 3.20. The molecule has 0 radical (unpaired) electrons. The molecule has 0 saturated heterocycles. The van der Waals surface area contributed by atoms with Crippen LogP contribution in [0, 0.1) is 0 Å². The molecule has 106 valence electrons. The van der Waals surface area contributed by atoms with Crippen LogP contribution in [-0.2, 0) is 0 Å². The highest BCUT2D eigenvalue weighted by molar-refractivity contribution is 6.04. The van der Waals surface area contributed by atoms with Crippen LogP contribution in [0.3, 0.4) is 0 Å². The molecule has 2 N–H and O–H groups in total. The Morgan fingerprint density at radius 2 is 2.05 bits per heavy atom. The number of carbonyl (C=O) groups is 1. The molecule has 0 spiro atoms. The van der Waals surface area contributed by atoms with Crippen molar-refractivity contribution in [3.63, 3.8) is 0 Å². The average Bonchev–Trinajstić information content (AvgIpc) is 2.50. The number of aromatic nitrogens is 2. The number of nitrogens with zero attached hydrogens (tertiary/aromatic N) is 3. The Kier molecular flexibility index (Phi) is 5.01. The van der Waals surface area contributed by atoms with Crippen molar-refractivity contribution in [2.75, 3.05) is 19.6 Å². The summed E-state index contributed by atoms with van der Waals surface area (Å²) >= 11 is 0. The quantitative estimate of drug-likeness (QED) is 0.870. The number of hydrogen-bond acceptors (Lipinski definition) is 4. The van der Waals surface area contributed by atoms with Gasteiger partial charge in [0.1, 0.15) is 5.52 Å². The molecule has 1 aromatic carbocycles. The van der Waals surface area contributed by atoms with Gasteiger partial charge in [0.15, 0.2) is 0 Å². The number of hydrogen-bond donors (Lipinski definition) is 1.